The molecule has 2 heterocycles. The van der Waals surface area contributed by atoms with E-state index in [-0.39, 0.29) is 24.4 Å². The molecular formula is C18H23N3O5. The van der Waals surface area contributed by atoms with Gasteiger partial charge in [0.2, 0.25) is 12.7 Å². The molecule has 0 radical (unpaired) electrons. The first kappa shape index (κ1) is 17.1. The quantitative estimate of drug-likeness (QED) is 0.640. The van der Waals surface area contributed by atoms with E-state index in [9.17, 15) is 14.9 Å². The third-order valence-corrected chi connectivity index (χ3v) is 5.47. The number of hydrogen-bond acceptors (Lipinski definition) is 6. The van der Waals surface area contributed by atoms with Crippen molar-refractivity contribution in [1.29, 1.82) is 0 Å². The third kappa shape index (κ3) is 3.21. The molecule has 8 heteroatoms. The van der Waals surface area contributed by atoms with E-state index in [1.165, 1.54) is 6.07 Å². The fourth-order valence-corrected chi connectivity index (χ4v) is 4.18. The molecular weight excluding hydrogens is 338 g/mol. The van der Waals surface area contributed by atoms with E-state index in [4.69, 9.17) is 9.47 Å². The van der Waals surface area contributed by atoms with Crippen molar-refractivity contribution in [1.82, 2.24) is 10.2 Å². The van der Waals surface area contributed by atoms with Gasteiger partial charge in [-0.25, -0.2) is 0 Å². The molecule has 1 aromatic rings. The highest BCUT2D eigenvalue weighted by Gasteiger charge is 2.37. The Morgan fingerprint density at radius 2 is 1.81 bits per heavy atom. The Morgan fingerprint density at radius 3 is 2.46 bits per heavy atom. The predicted molar refractivity (Wildman–Crippen MR) is 93.2 cm³/mol. The number of ether oxygens (including phenoxy) is 2. The second-order valence-corrected chi connectivity index (χ2v) is 7.16. The zero-order chi connectivity index (χ0) is 18.1. The van der Waals surface area contributed by atoms with Crippen LogP contribution < -0.4 is 14.8 Å². The van der Waals surface area contributed by atoms with Gasteiger partial charge in [-0.3, -0.25) is 19.8 Å². The van der Waals surface area contributed by atoms with Crippen LogP contribution in [-0.4, -0.2) is 41.7 Å². The minimum Gasteiger partial charge on any atom is -0.454 e. The third-order valence-electron chi connectivity index (χ3n) is 5.47. The molecule has 0 unspecified atom stereocenters. The van der Waals surface area contributed by atoms with Crippen molar-refractivity contribution in [2.75, 3.05) is 19.9 Å². The zero-order valence-electron chi connectivity index (χ0n) is 14.6. The average Bonchev–Trinajstić information content (AvgIpc) is 3.36. The van der Waals surface area contributed by atoms with Crippen LogP contribution in [0.1, 0.15) is 50.1 Å². The van der Waals surface area contributed by atoms with E-state index >= 15 is 0 Å². The Labute approximate surface area is 151 Å². The highest BCUT2D eigenvalue weighted by atomic mass is 16.7. The Hall–Kier alpha value is -2.35. The van der Waals surface area contributed by atoms with Crippen LogP contribution in [0, 0.1) is 10.1 Å². The molecule has 1 aromatic carbocycles. The number of fused-ring (bicyclic) bond motifs is 1. The summed E-state index contributed by atoms with van der Waals surface area (Å²) in [5.74, 6) is 0.668. The first-order chi connectivity index (χ1) is 12.6. The topological polar surface area (TPSA) is 93.9 Å². The Bertz CT molecular complexity index is 711. The van der Waals surface area contributed by atoms with Gasteiger partial charge in [0.1, 0.15) is 6.04 Å². The summed E-state index contributed by atoms with van der Waals surface area (Å²) in [4.78, 5) is 26.4. The predicted octanol–water partition coefficient (Wildman–Crippen LogP) is 2.52. The van der Waals surface area contributed by atoms with Crippen LogP contribution in [-0.2, 0) is 4.79 Å². The van der Waals surface area contributed by atoms with Gasteiger partial charge in [-0.1, -0.05) is 12.8 Å². The zero-order valence-corrected chi connectivity index (χ0v) is 14.6. The number of carbonyl (C=O) groups is 1. The molecule has 3 aliphatic rings. The molecule has 1 saturated heterocycles. The molecule has 0 spiro atoms. The summed E-state index contributed by atoms with van der Waals surface area (Å²) in [6.07, 6.45) is 6.16. The second-order valence-electron chi connectivity index (χ2n) is 7.16. The van der Waals surface area contributed by atoms with E-state index in [2.05, 4.69) is 5.32 Å². The number of benzene rings is 1. The highest BCUT2D eigenvalue weighted by Crippen LogP contribution is 2.42. The van der Waals surface area contributed by atoms with E-state index in [0.29, 0.717) is 17.1 Å². The molecule has 4 rings (SSSR count). The minimum absolute atomic E-state index is 0.0403. The van der Waals surface area contributed by atoms with Crippen LogP contribution in [0.25, 0.3) is 0 Å². The number of likely N-dealkylation sites (tertiary alicyclic amines) is 1. The van der Waals surface area contributed by atoms with Gasteiger partial charge in [0.25, 0.3) is 5.69 Å². The number of nitro benzene ring substituents is 1. The van der Waals surface area contributed by atoms with Crippen LogP contribution in [0.2, 0.25) is 0 Å². The molecule has 0 bridgehead atoms. The molecule has 2 aliphatic heterocycles. The van der Waals surface area contributed by atoms with Gasteiger partial charge in [0.15, 0.2) is 11.5 Å². The Morgan fingerprint density at radius 1 is 1.15 bits per heavy atom. The summed E-state index contributed by atoms with van der Waals surface area (Å²) in [6, 6.07) is 2.48. The molecule has 140 valence electrons. The molecule has 26 heavy (non-hydrogen) atoms. The lowest BCUT2D eigenvalue weighted by atomic mass is 10.0. The van der Waals surface area contributed by atoms with Crippen molar-refractivity contribution in [3.05, 3.63) is 27.8 Å². The summed E-state index contributed by atoms with van der Waals surface area (Å²) in [5, 5.41) is 14.8. The highest BCUT2D eigenvalue weighted by molar-refractivity contribution is 5.85. The van der Waals surface area contributed by atoms with Gasteiger partial charge < -0.3 is 14.8 Å². The van der Waals surface area contributed by atoms with Gasteiger partial charge in [-0.15, -0.1) is 0 Å². The first-order valence-corrected chi connectivity index (χ1v) is 9.26. The fraction of sp³-hybridized carbons (Fsp3) is 0.611. The van der Waals surface area contributed by atoms with Gasteiger partial charge in [-0.05, 0) is 44.8 Å². The maximum atomic E-state index is 13.1. The largest absolute Gasteiger partial charge is 0.454 e. The maximum Gasteiger partial charge on any atom is 0.278 e. The number of rotatable bonds is 5. The van der Waals surface area contributed by atoms with Gasteiger partial charge in [0.05, 0.1) is 16.6 Å². The van der Waals surface area contributed by atoms with E-state index in [1.54, 1.807) is 6.07 Å². The number of carbonyl (C=O) groups excluding carboxylic acids is 1. The minimum atomic E-state index is -0.673. The Balaban J connectivity index is 1.71. The van der Waals surface area contributed by atoms with Gasteiger partial charge in [-0.2, -0.15) is 0 Å². The lowest BCUT2D eigenvalue weighted by Crippen LogP contribution is -2.43. The summed E-state index contributed by atoms with van der Waals surface area (Å²) in [7, 11) is 0. The number of nitrogens with zero attached hydrogens (tertiary/aromatic N) is 2. The second kappa shape index (κ2) is 7.11. The van der Waals surface area contributed by atoms with Crippen molar-refractivity contribution < 1.29 is 19.2 Å². The molecule has 1 N–H and O–H groups in total. The molecule has 0 aromatic heterocycles. The SMILES string of the molecule is O=C(NC1CCCC1)[C@@H](c1cc2c(cc1[N+](=O)[O-])OCO2)N1CCCC1. The standard InChI is InChI=1S/C18H23N3O5/c22-18(19-12-5-1-2-6-12)17(20-7-3-4-8-20)13-9-15-16(26-11-25-15)10-14(13)21(23)24/h9-10,12,17H,1-8,11H2,(H,19,22)/t17-/m1/s1. The Kier molecular flexibility index (Phi) is 4.67. The normalized spacial score (nSPS) is 21.1. The first-order valence-electron chi connectivity index (χ1n) is 9.26. The smallest absolute Gasteiger partial charge is 0.278 e. The van der Waals surface area contributed by atoms with Gasteiger partial charge >= 0.3 is 0 Å². The van der Waals surface area contributed by atoms with Crippen LogP contribution in [0.15, 0.2) is 12.1 Å². The van der Waals surface area contributed by atoms with Crippen LogP contribution >= 0.6 is 0 Å². The van der Waals surface area contributed by atoms with Crippen molar-refractivity contribution in [3.8, 4) is 11.5 Å². The molecule has 1 amide bonds. The number of hydrogen-bond donors (Lipinski definition) is 1. The number of amides is 1. The fourth-order valence-electron chi connectivity index (χ4n) is 4.18. The maximum absolute atomic E-state index is 13.1. The van der Waals surface area contributed by atoms with E-state index in [1.807, 2.05) is 4.90 Å². The van der Waals surface area contributed by atoms with Gasteiger partial charge in [0, 0.05) is 6.04 Å². The molecule has 8 nitrogen and oxygen atoms in total. The lowest BCUT2D eigenvalue weighted by Gasteiger charge is -2.28. The van der Waals surface area contributed by atoms with Crippen molar-refractivity contribution in [2.24, 2.45) is 0 Å². The average molecular weight is 361 g/mol. The number of nitrogens with one attached hydrogen (secondary N) is 1. The van der Waals surface area contributed by atoms with Crippen LogP contribution in [0.3, 0.4) is 0 Å². The number of nitro groups is 1. The van der Waals surface area contributed by atoms with E-state index in [0.717, 1.165) is 51.6 Å². The molecule has 2 fully saturated rings. The van der Waals surface area contributed by atoms with Crippen LogP contribution in [0.4, 0.5) is 5.69 Å². The van der Waals surface area contributed by atoms with Crippen molar-refractivity contribution in [3.63, 3.8) is 0 Å². The molecule has 1 atom stereocenters. The summed E-state index contributed by atoms with van der Waals surface area (Å²) in [5.41, 5.74) is 0.296. The summed E-state index contributed by atoms with van der Waals surface area (Å²) < 4.78 is 10.7. The van der Waals surface area contributed by atoms with Crippen molar-refractivity contribution >= 4 is 11.6 Å². The van der Waals surface area contributed by atoms with Crippen LogP contribution in [0.5, 0.6) is 11.5 Å². The van der Waals surface area contributed by atoms with E-state index < -0.39 is 11.0 Å². The molecule has 1 saturated carbocycles. The molecule has 1 aliphatic carbocycles. The summed E-state index contributed by atoms with van der Waals surface area (Å²) in [6.45, 7) is 1.56. The summed E-state index contributed by atoms with van der Waals surface area (Å²) >= 11 is 0. The monoisotopic (exact) mass is 361 g/mol. The van der Waals surface area contributed by atoms with Crippen molar-refractivity contribution in [2.45, 2.75) is 50.6 Å². The lowest BCUT2D eigenvalue weighted by molar-refractivity contribution is -0.385.